The first kappa shape index (κ1) is 18.8. The molecule has 2 amide bonds. The Morgan fingerprint density at radius 2 is 1.68 bits per heavy atom. The SMILES string of the molecule is CC(=O)c1ccc(N2C(=O)[C@H]3[C@@H]4C[C@H]([C@H]5C(c6ccccc6Cl)=NO[C@H]45)[C@@H]3C2=O)cc1. The fourth-order valence-electron chi connectivity index (χ4n) is 6.12. The highest BCUT2D eigenvalue weighted by atomic mass is 35.5. The standard InChI is InChI=1S/C24H19ClN2O4/c1-11(28)12-6-8-13(9-7-12)27-23(29)18-15-10-16(19(18)24(27)30)22-20(15)21(26-31-22)14-4-2-3-5-17(14)25/h2-9,15-16,18-20,22H,10H2,1H3/t15-,16-,18-,19-,20-,22+/m0/s1. The third-order valence-electron chi connectivity index (χ3n) is 7.37. The van der Waals surface area contributed by atoms with Gasteiger partial charge < -0.3 is 4.84 Å². The topological polar surface area (TPSA) is 76.0 Å². The molecule has 6 atom stereocenters. The van der Waals surface area contributed by atoms with E-state index in [2.05, 4.69) is 5.16 Å². The number of benzene rings is 2. The predicted octanol–water partition coefficient (Wildman–Crippen LogP) is 3.72. The number of fused-ring (bicyclic) bond motifs is 8. The van der Waals surface area contributed by atoms with E-state index in [1.54, 1.807) is 24.3 Å². The number of amides is 2. The number of halogens is 1. The minimum Gasteiger partial charge on any atom is -0.391 e. The third kappa shape index (κ3) is 2.45. The maximum absolute atomic E-state index is 13.4. The number of ketones is 1. The Hall–Kier alpha value is -2.99. The second-order valence-corrected chi connectivity index (χ2v) is 9.19. The van der Waals surface area contributed by atoms with Gasteiger partial charge in [-0.3, -0.25) is 19.3 Å². The first-order valence-electron chi connectivity index (χ1n) is 10.4. The molecule has 2 aromatic rings. The number of hydrogen-bond acceptors (Lipinski definition) is 5. The molecular formula is C24H19ClN2O4. The summed E-state index contributed by atoms with van der Waals surface area (Å²) in [7, 11) is 0. The van der Waals surface area contributed by atoms with Crippen molar-refractivity contribution in [2.24, 2.45) is 34.7 Å². The minimum absolute atomic E-state index is 0.00420. The van der Waals surface area contributed by atoms with E-state index in [1.165, 1.54) is 11.8 Å². The summed E-state index contributed by atoms with van der Waals surface area (Å²) in [6.07, 6.45) is 0.581. The highest BCUT2D eigenvalue weighted by molar-refractivity contribution is 6.34. The zero-order valence-corrected chi connectivity index (χ0v) is 17.5. The summed E-state index contributed by atoms with van der Waals surface area (Å²) in [5.74, 6) is -1.24. The van der Waals surface area contributed by atoms with Crippen molar-refractivity contribution in [3.05, 3.63) is 64.7 Å². The molecule has 31 heavy (non-hydrogen) atoms. The van der Waals surface area contributed by atoms with Gasteiger partial charge >= 0.3 is 0 Å². The van der Waals surface area contributed by atoms with Gasteiger partial charge in [-0.25, -0.2) is 0 Å². The summed E-state index contributed by atoms with van der Waals surface area (Å²) >= 11 is 6.41. The van der Waals surface area contributed by atoms with E-state index < -0.39 is 0 Å². The maximum Gasteiger partial charge on any atom is 0.238 e. The van der Waals surface area contributed by atoms with E-state index in [4.69, 9.17) is 16.4 Å². The Kier molecular flexibility index (Phi) is 3.93. The molecule has 6 rings (SSSR count). The fraction of sp³-hybridized carbons (Fsp3) is 0.333. The number of carbonyl (C=O) groups excluding carboxylic acids is 3. The smallest absolute Gasteiger partial charge is 0.238 e. The molecule has 2 aromatic carbocycles. The minimum atomic E-state index is -0.382. The van der Waals surface area contributed by atoms with Crippen LogP contribution in [-0.2, 0) is 14.4 Å². The van der Waals surface area contributed by atoms with Crippen molar-refractivity contribution in [2.45, 2.75) is 19.4 Å². The normalized spacial score (nSPS) is 32.7. The van der Waals surface area contributed by atoms with Crippen molar-refractivity contribution in [3.63, 3.8) is 0 Å². The van der Waals surface area contributed by atoms with Crippen LogP contribution in [0.2, 0.25) is 5.02 Å². The number of rotatable bonds is 3. The summed E-state index contributed by atoms with van der Waals surface area (Å²) in [6.45, 7) is 1.49. The van der Waals surface area contributed by atoms with Crippen molar-refractivity contribution < 1.29 is 19.2 Å². The first-order chi connectivity index (χ1) is 15.0. The average molecular weight is 435 g/mol. The van der Waals surface area contributed by atoms with Crippen LogP contribution in [0.15, 0.2) is 53.7 Å². The van der Waals surface area contributed by atoms with E-state index in [1.807, 2.05) is 24.3 Å². The summed E-state index contributed by atoms with van der Waals surface area (Å²) in [5, 5.41) is 4.94. The van der Waals surface area contributed by atoms with Gasteiger partial charge in [0.2, 0.25) is 11.8 Å². The number of hydrogen-bond donors (Lipinski definition) is 0. The Morgan fingerprint density at radius 1 is 1.00 bits per heavy atom. The van der Waals surface area contributed by atoms with Gasteiger partial charge in [0, 0.05) is 28.0 Å². The highest BCUT2D eigenvalue weighted by Gasteiger charge is 2.70. The lowest BCUT2D eigenvalue weighted by molar-refractivity contribution is -0.125. The second-order valence-electron chi connectivity index (χ2n) is 8.78. The van der Waals surface area contributed by atoms with Gasteiger partial charge in [0.05, 0.1) is 23.2 Å². The van der Waals surface area contributed by atoms with E-state index in [0.717, 1.165) is 17.7 Å². The fourth-order valence-corrected chi connectivity index (χ4v) is 6.35. The molecule has 0 aromatic heterocycles. The molecule has 2 bridgehead atoms. The predicted molar refractivity (Wildman–Crippen MR) is 114 cm³/mol. The van der Waals surface area contributed by atoms with Crippen LogP contribution in [0.1, 0.15) is 29.3 Å². The molecule has 3 fully saturated rings. The molecule has 156 valence electrons. The zero-order chi connectivity index (χ0) is 21.4. The van der Waals surface area contributed by atoms with Gasteiger partial charge in [-0.2, -0.15) is 0 Å². The van der Waals surface area contributed by atoms with Crippen LogP contribution in [0.3, 0.4) is 0 Å². The summed E-state index contributed by atoms with van der Waals surface area (Å²) in [6, 6.07) is 14.2. The van der Waals surface area contributed by atoms with Crippen molar-refractivity contribution in [2.75, 3.05) is 4.90 Å². The second kappa shape index (κ2) is 6.50. The van der Waals surface area contributed by atoms with Gasteiger partial charge in [0.1, 0.15) is 6.10 Å². The van der Waals surface area contributed by atoms with Crippen LogP contribution in [0, 0.1) is 29.6 Å². The van der Waals surface area contributed by atoms with Crippen molar-refractivity contribution in [1.82, 2.24) is 0 Å². The van der Waals surface area contributed by atoms with Crippen molar-refractivity contribution >= 4 is 40.6 Å². The summed E-state index contributed by atoms with van der Waals surface area (Å²) in [4.78, 5) is 45.4. The lowest BCUT2D eigenvalue weighted by Gasteiger charge is -2.30. The van der Waals surface area contributed by atoms with Gasteiger partial charge in [-0.05, 0) is 49.6 Å². The summed E-state index contributed by atoms with van der Waals surface area (Å²) in [5.41, 5.74) is 2.67. The highest BCUT2D eigenvalue weighted by Crippen LogP contribution is 2.62. The Labute approximate surface area is 183 Å². The molecular weight excluding hydrogens is 416 g/mol. The third-order valence-corrected chi connectivity index (χ3v) is 7.70. The quantitative estimate of drug-likeness (QED) is 0.545. The molecule has 0 unspecified atom stereocenters. The lowest BCUT2D eigenvalue weighted by Crippen LogP contribution is -2.41. The van der Waals surface area contributed by atoms with Crippen molar-refractivity contribution in [3.8, 4) is 0 Å². The number of oxime groups is 1. The average Bonchev–Trinajstić information content (AvgIpc) is 3.49. The van der Waals surface area contributed by atoms with Crippen LogP contribution in [0.4, 0.5) is 5.69 Å². The molecule has 0 radical (unpaired) electrons. The first-order valence-corrected chi connectivity index (χ1v) is 10.8. The Morgan fingerprint density at radius 3 is 2.35 bits per heavy atom. The van der Waals surface area contributed by atoms with E-state index in [9.17, 15) is 14.4 Å². The van der Waals surface area contributed by atoms with Gasteiger partial charge in [-0.15, -0.1) is 0 Å². The summed E-state index contributed by atoms with van der Waals surface area (Å²) < 4.78 is 0. The number of anilines is 1. The van der Waals surface area contributed by atoms with Gasteiger partial charge in [0.25, 0.3) is 0 Å². The Balaban J connectivity index is 1.34. The van der Waals surface area contributed by atoms with E-state index >= 15 is 0 Å². The van der Waals surface area contributed by atoms with Gasteiger partial charge in [-0.1, -0.05) is 35.0 Å². The number of nitrogens with zero attached hydrogens (tertiary/aromatic N) is 2. The van der Waals surface area contributed by atoms with E-state index in [-0.39, 0.29) is 53.3 Å². The number of carbonyl (C=O) groups is 3. The maximum atomic E-state index is 13.4. The molecule has 2 saturated carbocycles. The lowest BCUT2D eigenvalue weighted by atomic mass is 9.71. The molecule has 2 aliphatic carbocycles. The van der Waals surface area contributed by atoms with E-state index in [0.29, 0.717) is 16.3 Å². The van der Waals surface area contributed by atoms with Crippen LogP contribution < -0.4 is 4.90 Å². The van der Waals surface area contributed by atoms with Crippen LogP contribution in [-0.4, -0.2) is 29.4 Å². The van der Waals surface area contributed by atoms with Crippen LogP contribution in [0.25, 0.3) is 0 Å². The molecule has 0 N–H and O–H groups in total. The molecule has 7 heteroatoms. The molecule has 2 aliphatic heterocycles. The molecule has 6 nitrogen and oxygen atoms in total. The van der Waals surface area contributed by atoms with Crippen molar-refractivity contribution in [1.29, 1.82) is 0 Å². The molecule has 0 spiro atoms. The molecule has 1 saturated heterocycles. The Bertz CT molecular complexity index is 1170. The molecule has 2 heterocycles. The zero-order valence-electron chi connectivity index (χ0n) is 16.7. The van der Waals surface area contributed by atoms with Crippen LogP contribution >= 0.6 is 11.6 Å². The number of Topliss-reactive ketones (excluding diaryl/α,β-unsaturated/α-hetero) is 1. The number of imide groups is 1. The molecule has 4 aliphatic rings. The van der Waals surface area contributed by atoms with Gasteiger partial charge in [0.15, 0.2) is 5.78 Å². The van der Waals surface area contributed by atoms with Crippen LogP contribution in [0.5, 0.6) is 0 Å². The largest absolute Gasteiger partial charge is 0.391 e. The monoisotopic (exact) mass is 434 g/mol.